The predicted molar refractivity (Wildman–Crippen MR) is 97.5 cm³/mol. The largest absolute Gasteiger partial charge is 0.488 e. The van der Waals surface area contributed by atoms with Crippen molar-refractivity contribution < 1.29 is 4.74 Å². The molecule has 3 aromatic rings. The summed E-state index contributed by atoms with van der Waals surface area (Å²) in [5.41, 5.74) is 3.99. The van der Waals surface area contributed by atoms with Crippen LogP contribution in [0.25, 0.3) is 11.1 Å². The van der Waals surface area contributed by atoms with E-state index in [4.69, 9.17) is 4.74 Å². The quantitative estimate of drug-likeness (QED) is 0.783. The Kier molecular flexibility index (Phi) is 4.67. The van der Waals surface area contributed by atoms with Crippen LogP contribution in [0.3, 0.4) is 0 Å². The molecule has 0 spiro atoms. The van der Waals surface area contributed by atoms with E-state index in [2.05, 4.69) is 4.98 Å². The van der Waals surface area contributed by atoms with Gasteiger partial charge in [-0.1, -0.05) is 42.5 Å². The third-order valence-corrected chi connectivity index (χ3v) is 4.10. The maximum Gasteiger partial charge on any atom is 0.266 e. The van der Waals surface area contributed by atoms with Gasteiger partial charge in [-0.25, -0.2) is 0 Å². The summed E-state index contributed by atoms with van der Waals surface area (Å²) in [6.45, 7) is 4.26. The van der Waals surface area contributed by atoms with Crippen molar-refractivity contribution in [1.82, 2.24) is 4.98 Å². The number of para-hydroxylation sites is 1. The average Bonchev–Trinajstić information content (AvgIpc) is 2.61. The number of ether oxygens (including phenoxy) is 1. The Morgan fingerprint density at radius 3 is 2.52 bits per heavy atom. The molecule has 3 rings (SSSR count). The molecule has 0 unspecified atom stereocenters. The second kappa shape index (κ2) is 7.06. The first-order chi connectivity index (χ1) is 12.1. The number of aromatic nitrogens is 1. The van der Waals surface area contributed by atoms with E-state index >= 15 is 0 Å². The Bertz CT molecular complexity index is 1010. The lowest BCUT2D eigenvalue weighted by atomic mass is 10.00. The highest BCUT2D eigenvalue weighted by Crippen LogP contribution is 2.32. The average molecular weight is 330 g/mol. The van der Waals surface area contributed by atoms with Crippen molar-refractivity contribution >= 4 is 0 Å². The van der Waals surface area contributed by atoms with Gasteiger partial charge in [-0.05, 0) is 37.1 Å². The second-order valence-electron chi connectivity index (χ2n) is 5.89. The summed E-state index contributed by atoms with van der Waals surface area (Å²) in [5, 5.41) is 9.38. The van der Waals surface area contributed by atoms with Crippen LogP contribution < -0.4 is 10.3 Å². The van der Waals surface area contributed by atoms with Crippen molar-refractivity contribution in [2.75, 3.05) is 0 Å². The molecular formula is C21H18N2O2. The van der Waals surface area contributed by atoms with Crippen molar-refractivity contribution in [2.45, 2.75) is 20.5 Å². The first-order valence-corrected chi connectivity index (χ1v) is 8.01. The molecule has 0 radical (unpaired) electrons. The Morgan fingerprint density at radius 1 is 1.04 bits per heavy atom. The molecule has 4 heteroatoms. The zero-order valence-electron chi connectivity index (χ0n) is 14.2. The van der Waals surface area contributed by atoms with E-state index in [1.807, 2.05) is 61.5 Å². The number of nitriles is 1. The van der Waals surface area contributed by atoms with Crippen LogP contribution in [0.2, 0.25) is 0 Å². The number of pyridine rings is 1. The van der Waals surface area contributed by atoms with E-state index < -0.39 is 0 Å². The Labute approximate surface area is 146 Å². The van der Waals surface area contributed by atoms with Crippen LogP contribution in [-0.4, -0.2) is 4.98 Å². The van der Waals surface area contributed by atoms with Crippen molar-refractivity contribution in [3.63, 3.8) is 0 Å². The SMILES string of the molecule is Cc1cc(-c2ccccc2OCc2ccccc2C)c(C#N)c(=O)[nH]1. The molecule has 0 saturated heterocycles. The number of aromatic amines is 1. The van der Waals surface area contributed by atoms with Gasteiger partial charge in [-0.15, -0.1) is 0 Å². The maximum absolute atomic E-state index is 12.1. The van der Waals surface area contributed by atoms with Crippen LogP contribution in [0.4, 0.5) is 0 Å². The molecule has 0 bridgehead atoms. The van der Waals surface area contributed by atoms with Crippen molar-refractivity contribution in [3.8, 4) is 22.9 Å². The lowest BCUT2D eigenvalue weighted by Crippen LogP contribution is -2.13. The zero-order chi connectivity index (χ0) is 17.8. The highest BCUT2D eigenvalue weighted by Gasteiger charge is 2.14. The highest BCUT2D eigenvalue weighted by atomic mass is 16.5. The maximum atomic E-state index is 12.1. The van der Waals surface area contributed by atoms with Gasteiger partial charge in [0, 0.05) is 16.8 Å². The molecule has 4 nitrogen and oxygen atoms in total. The summed E-state index contributed by atoms with van der Waals surface area (Å²) in [5.74, 6) is 0.646. The van der Waals surface area contributed by atoms with Gasteiger partial charge in [0.05, 0.1) is 0 Å². The van der Waals surface area contributed by atoms with Crippen LogP contribution in [0.15, 0.2) is 59.4 Å². The lowest BCUT2D eigenvalue weighted by Gasteiger charge is -2.14. The van der Waals surface area contributed by atoms with Gasteiger partial charge in [0.2, 0.25) is 0 Å². The fourth-order valence-electron chi connectivity index (χ4n) is 2.75. The van der Waals surface area contributed by atoms with E-state index in [1.54, 1.807) is 13.0 Å². The van der Waals surface area contributed by atoms with Gasteiger partial charge in [-0.2, -0.15) is 5.26 Å². The summed E-state index contributed by atoms with van der Waals surface area (Å²) in [6, 6.07) is 19.3. The molecule has 0 aliphatic rings. The highest BCUT2D eigenvalue weighted by molar-refractivity contribution is 5.75. The number of hydrogen-bond acceptors (Lipinski definition) is 3. The van der Waals surface area contributed by atoms with E-state index in [0.717, 1.165) is 16.7 Å². The second-order valence-corrected chi connectivity index (χ2v) is 5.89. The molecule has 0 saturated carbocycles. The smallest absolute Gasteiger partial charge is 0.266 e. The molecule has 0 aliphatic carbocycles. The third kappa shape index (κ3) is 3.46. The van der Waals surface area contributed by atoms with Gasteiger partial charge in [0.15, 0.2) is 0 Å². The molecule has 124 valence electrons. The van der Waals surface area contributed by atoms with Crippen molar-refractivity contribution in [1.29, 1.82) is 5.26 Å². The summed E-state index contributed by atoms with van der Waals surface area (Å²) in [6.07, 6.45) is 0. The normalized spacial score (nSPS) is 10.3. The minimum Gasteiger partial charge on any atom is -0.488 e. The molecule has 1 aromatic heterocycles. The number of benzene rings is 2. The Morgan fingerprint density at radius 2 is 1.76 bits per heavy atom. The topological polar surface area (TPSA) is 65.9 Å². The van der Waals surface area contributed by atoms with Crippen LogP contribution in [-0.2, 0) is 6.61 Å². The van der Waals surface area contributed by atoms with Gasteiger partial charge in [0.25, 0.3) is 5.56 Å². The summed E-state index contributed by atoms with van der Waals surface area (Å²) < 4.78 is 6.02. The summed E-state index contributed by atoms with van der Waals surface area (Å²) in [7, 11) is 0. The predicted octanol–water partition coefficient (Wildman–Crippen LogP) is 4.11. The number of aryl methyl sites for hydroxylation is 2. The van der Waals surface area contributed by atoms with E-state index in [9.17, 15) is 10.1 Å². The van der Waals surface area contributed by atoms with Gasteiger partial charge >= 0.3 is 0 Å². The molecule has 0 atom stereocenters. The van der Waals surface area contributed by atoms with Crippen LogP contribution >= 0.6 is 0 Å². The number of nitrogens with one attached hydrogen (secondary N) is 1. The molecule has 1 N–H and O–H groups in total. The molecule has 0 fully saturated rings. The summed E-state index contributed by atoms with van der Waals surface area (Å²) >= 11 is 0. The van der Waals surface area contributed by atoms with Crippen LogP contribution in [0, 0.1) is 25.2 Å². The number of H-pyrrole nitrogens is 1. The molecule has 0 aliphatic heterocycles. The van der Waals surface area contributed by atoms with Crippen molar-refractivity contribution in [2.24, 2.45) is 0 Å². The zero-order valence-corrected chi connectivity index (χ0v) is 14.2. The van der Waals surface area contributed by atoms with Gasteiger partial charge < -0.3 is 9.72 Å². The first-order valence-electron chi connectivity index (χ1n) is 8.01. The Balaban J connectivity index is 2.02. The van der Waals surface area contributed by atoms with Crippen LogP contribution in [0.1, 0.15) is 22.4 Å². The minimum atomic E-state index is -0.383. The lowest BCUT2D eigenvalue weighted by molar-refractivity contribution is 0.306. The van der Waals surface area contributed by atoms with E-state index in [0.29, 0.717) is 23.6 Å². The molecule has 1 heterocycles. The van der Waals surface area contributed by atoms with Crippen molar-refractivity contribution in [3.05, 3.63) is 87.3 Å². The molecule has 25 heavy (non-hydrogen) atoms. The third-order valence-electron chi connectivity index (χ3n) is 4.10. The van der Waals surface area contributed by atoms with Gasteiger partial charge in [-0.3, -0.25) is 4.79 Å². The van der Waals surface area contributed by atoms with E-state index in [1.165, 1.54) is 0 Å². The first kappa shape index (κ1) is 16.5. The Hall–Kier alpha value is -3.32. The molecular weight excluding hydrogens is 312 g/mol. The van der Waals surface area contributed by atoms with Crippen LogP contribution in [0.5, 0.6) is 5.75 Å². The molecule has 0 amide bonds. The standard InChI is InChI=1S/C21H18N2O2/c1-14-7-3-4-8-16(14)13-25-20-10-6-5-9-17(20)18-11-15(2)23-21(24)19(18)12-22/h3-11H,13H2,1-2H3,(H,23,24). The minimum absolute atomic E-state index is 0.0949. The number of rotatable bonds is 4. The number of hydrogen-bond donors (Lipinski definition) is 1. The number of nitrogens with zero attached hydrogens (tertiary/aromatic N) is 1. The summed E-state index contributed by atoms with van der Waals surface area (Å²) in [4.78, 5) is 14.7. The monoisotopic (exact) mass is 330 g/mol. The molecule has 2 aromatic carbocycles. The fraction of sp³-hybridized carbons (Fsp3) is 0.143. The fourth-order valence-corrected chi connectivity index (χ4v) is 2.75. The van der Waals surface area contributed by atoms with E-state index in [-0.39, 0.29) is 11.1 Å². The van der Waals surface area contributed by atoms with Gasteiger partial charge in [0.1, 0.15) is 24.0 Å².